The number of ether oxygens (including phenoxy) is 1. The molecule has 2 rings (SSSR count). The summed E-state index contributed by atoms with van der Waals surface area (Å²) in [6, 6.07) is 6.70. The Bertz CT molecular complexity index is 476. The van der Waals surface area contributed by atoms with Crippen molar-refractivity contribution < 1.29 is 14.3 Å². The van der Waals surface area contributed by atoms with Crippen molar-refractivity contribution in [3.8, 4) is 0 Å². The largest absolute Gasteiger partial charge is 0.393 e. The van der Waals surface area contributed by atoms with Gasteiger partial charge >= 0.3 is 11.9 Å². The molecular weight excluding hydrogens is 298 g/mol. The lowest BCUT2D eigenvalue weighted by atomic mass is 9.92. The predicted molar refractivity (Wildman–Crippen MR) is 68.8 cm³/mol. The van der Waals surface area contributed by atoms with Crippen molar-refractivity contribution in [2.75, 3.05) is 0 Å². The Morgan fingerprint density at radius 3 is 2.22 bits per heavy atom. The summed E-state index contributed by atoms with van der Waals surface area (Å²) in [5.74, 6) is -1.42. The van der Waals surface area contributed by atoms with Crippen LogP contribution >= 0.6 is 34.8 Å². The van der Waals surface area contributed by atoms with E-state index < -0.39 is 21.6 Å². The molecule has 1 heterocycles. The summed E-state index contributed by atoms with van der Waals surface area (Å²) in [7, 11) is 0. The first kappa shape index (κ1) is 13.7. The SMILES string of the molecule is O=C1CCC(c2ccc(C(Cl)(Cl)Cl)cc2)C(=O)O1. The molecule has 0 bridgehead atoms. The van der Waals surface area contributed by atoms with Gasteiger partial charge in [0.15, 0.2) is 0 Å². The third-order valence-corrected chi connectivity index (χ3v) is 3.43. The van der Waals surface area contributed by atoms with Crippen molar-refractivity contribution in [3.05, 3.63) is 35.4 Å². The van der Waals surface area contributed by atoms with Crippen molar-refractivity contribution in [2.24, 2.45) is 0 Å². The van der Waals surface area contributed by atoms with E-state index in [1.54, 1.807) is 24.3 Å². The van der Waals surface area contributed by atoms with Crippen molar-refractivity contribution in [3.63, 3.8) is 0 Å². The summed E-state index contributed by atoms with van der Waals surface area (Å²) in [4.78, 5) is 22.5. The maximum Gasteiger partial charge on any atom is 0.321 e. The van der Waals surface area contributed by atoms with Crippen LogP contribution in [0, 0.1) is 0 Å². The smallest absolute Gasteiger partial charge is 0.321 e. The van der Waals surface area contributed by atoms with Gasteiger partial charge in [0.05, 0.1) is 5.92 Å². The Morgan fingerprint density at radius 2 is 1.72 bits per heavy atom. The number of carbonyl (C=O) groups is 2. The van der Waals surface area contributed by atoms with Crippen LogP contribution in [0.3, 0.4) is 0 Å². The molecule has 0 saturated carbocycles. The number of benzene rings is 1. The maximum atomic E-state index is 11.6. The van der Waals surface area contributed by atoms with Gasteiger partial charge in [-0.05, 0) is 12.0 Å². The number of hydrogen-bond acceptors (Lipinski definition) is 3. The molecule has 3 nitrogen and oxygen atoms in total. The third-order valence-electron chi connectivity index (χ3n) is 2.78. The van der Waals surface area contributed by atoms with E-state index in [1.165, 1.54) is 0 Å². The van der Waals surface area contributed by atoms with E-state index in [9.17, 15) is 9.59 Å². The molecule has 0 radical (unpaired) electrons. The number of halogens is 3. The maximum absolute atomic E-state index is 11.6. The van der Waals surface area contributed by atoms with E-state index in [2.05, 4.69) is 4.74 Å². The zero-order chi connectivity index (χ0) is 13.3. The minimum absolute atomic E-state index is 0.239. The normalized spacial score (nSPS) is 20.7. The van der Waals surface area contributed by atoms with Crippen molar-refractivity contribution in [1.29, 1.82) is 0 Å². The van der Waals surface area contributed by atoms with Gasteiger partial charge in [0.25, 0.3) is 0 Å². The summed E-state index contributed by atoms with van der Waals surface area (Å²) in [5.41, 5.74) is 1.28. The second-order valence-electron chi connectivity index (χ2n) is 4.00. The van der Waals surface area contributed by atoms with Crippen LogP contribution in [0.4, 0.5) is 0 Å². The summed E-state index contributed by atoms with van der Waals surface area (Å²) in [6.07, 6.45) is 0.688. The van der Waals surface area contributed by atoms with Crippen LogP contribution in [0.25, 0.3) is 0 Å². The van der Waals surface area contributed by atoms with Gasteiger partial charge in [-0.15, -0.1) is 0 Å². The Labute approximate surface area is 119 Å². The van der Waals surface area contributed by atoms with Gasteiger partial charge in [0.2, 0.25) is 3.79 Å². The predicted octanol–water partition coefficient (Wildman–Crippen LogP) is 3.46. The highest BCUT2D eigenvalue weighted by Gasteiger charge is 2.31. The van der Waals surface area contributed by atoms with E-state index in [0.29, 0.717) is 12.0 Å². The highest BCUT2D eigenvalue weighted by Crippen LogP contribution is 2.39. The average Bonchev–Trinajstić information content (AvgIpc) is 2.28. The number of esters is 2. The second-order valence-corrected chi connectivity index (χ2v) is 6.29. The van der Waals surface area contributed by atoms with Gasteiger partial charge in [0.1, 0.15) is 0 Å². The number of hydrogen-bond donors (Lipinski definition) is 0. The Hall–Kier alpha value is -0.770. The fourth-order valence-corrected chi connectivity index (χ4v) is 2.20. The van der Waals surface area contributed by atoms with Crippen molar-refractivity contribution in [1.82, 2.24) is 0 Å². The zero-order valence-corrected chi connectivity index (χ0v) is 11.4. The first-order valence-corrected chi connectivity index (χ1v) is 6.43. The molecule has 1 fully saturated rings. The first-order chi connectivity index (χ1) is 8.38. The van der Waals surface area contributed by atoms with Crippen LogP contribution in [0.1, 0.15) is 29.9 Å². The second kappa shape index (κ2) is 5.08. The summed E-state index contributed by atoms with van der Waals surface area (Å²) in [5, 5.41) is 0. The van der Waals surface area contributed by atoms with Crippen LogP contribution in [0.5, 0.6) is 0 Å². The summed E-state index contributed by atoms with van der Waals surface area (Å²) in [6.45, 7) is 0. The number of cyclic esters (lactones) is 2. The van der Waals surface area contributed by atoms with E-state index in [1.807, 2.05) is 0 Å². The van der Waals surface area contributed by atoms with Crippen molar-refractivity contribution in [2.45, 2.75) is 22.6 Å². The first-order valence-electron chi connectivity index (χ1n) is 5.29. The van der Waals surface area contributed by atoms with Gasteiger partial charge in [-0.3, -0.25) is 9.59 Å². The molecule has 1 atom stereocenters. The van der Waals surface area contributed by atoms with Crippen LogP contribution in [0.2, 0.25) is 0 Å². The van der Waals surface area contributed by atoms with Gasteiger partial charge < -0.3 is 4.74 Å². The lowest BCUT2D eigenvalue weighted by molar-refractivity contribution is -0.164. The highest BCUT2D eigenvalue weighted by atomic mass is 35.6. The quantitative estimate of drug-likeness (QED) is 0.453. The molecule has 1 unspecified atom stereocenters. The Morgan fingerprint density at radius 1 is 1.11 bits per heavy atom. The van der Waals surface area contributed by atoms with E-state index >= 15 is 0 Å². The minimum Gasteiger partial charge on any atom is -0.393 e. The van der Waals surface area contributed by atoms with Crippen LogP contribution in [0.15, 0.2) is 24.3 Å². The minimum atomic E-state index is -1.48. The average molecular weight is 308 g/mol. The molecule has 0 N–H and O–H groups in total. The fraction of sp³-hybridized carbons (Fsp3) is 0.333. The van der Waals surface area contributed by atoms with E-state index in [-0.39, 0.29) is 6.42 Å². The van der Waals surface area contributed by atoms with Crippen LogP contribution in [-0.2, 0) is 18.1 Å². The molecule has 0 aromatic heterocycles. The fourth-order valence-electron chi connectivity index (χ4n) is 1.82. The molecule has 6 heteroatoms. The molecule has 96 valence electrons. The molecule has 1 aromatic carbocycles. The van der Waals surface area contributed by atoms with E-state index in [0.717, 1.165) is 5.56 Å². The Kier molecular flexibility index (Phi) is 3.85. The van der Waals surface area contributed by atoms with E-state index in [4.69, 9.17) is 34.8 Å². The number of alkyl halides is 3. The Balaban J connectivity index is 2.20. The van der Waals surface area contributed by atoms with Crippen LogP contribution in [-0.4, -0.2) is 11.9 Å². The van der Waals surface area contributed by atoms with Gasteiger partial charge in [-0.2, -0.15) is 0 Å². The highest BCUT2D eigenvalue weighted by molar-refractivity contribution is 6.66. The third kappa shape index (κ3) is 2.97. The van der Waals surface area contributed by atoms with Crippen LogP contribution < -0.4 is 0 Å². The molecule has 1 aliphatic heterocycles. The van der Waals surface area contributed by atoms with Gasteiger partial charge in [-0.25, -0.2) is 0 Å². The molecule has 1 aromatic rings. The standard InChI is InChI=1S/C12H9Cl3O3/c13-12(14,15)8-3-1-7(2-4-8)9-5-6-10(16)18-11(9)17/h1-4,9H,5-6H2. The summed E-state index contributed by atoms with van der Waals surface area (Å²) < 4.78 is 3.11. The van der Waals surface area contributed by atoms with Gasteiger partial charge in [0, 0.05) is 12.0 Å². The molecule has 18 heavy (non-hydrogen) atoms. The molecule has 0 spiro atoms. The molecule has 1 aliphatic rings. The van der Waals surface area contributed by atoms with Gasteiger partial charge in [-0.1, -0.05) is 59.1 Å². The zero-order valence-electron chi connectivity index (χ0n) is 9.16. The molecule has 0 aliphatic carbocycles. The molecule has 1 saturated heterocycles. The lowest BCUT2D eigenvalue weighted by Gasteiger charge is -2.20. The number of carbonyl (C=O) groups excluding carboxylic acids is 2. The number of rotatable bonds is 1. The molecule has 0 amide bonds. The molecular formula is C12H9Cl3O3. The monoisotopic (exact) mass is 306 g/mol. The lowest BCUT2D eigenvalue weighted by Crippen LogP contribution is -2.26. The summed E-state index contributed by atoms with van der Waals surface area (Å²) >= 11 is 17.2. The van der Waals surface area contributed by atoms with Crippen molar-refractivity contribution >= 4 is 46.7 Å². The topological polar surface area (TPSA) is 43.4 Å².